The maximum absolute atomic E-state index is 11.1. The molecule has 1 aromatic rings. The number of nitrogens with zero attached hydrogens (tertiary/aromatic N) is 2. The molecule has 0 saturated carbocycles. The SMILES string of the molecule is CC(=O)c1nnccc1C(=O)NN. The van der Waals surface area contributed by atoms with E-state index < -0.39 is 5.91 Å². The molecule has 1 rings (SSSR count). The number of hydrogen-bond acceptors (Lipinski definition) is 5. The van der Waals surface area contributed by atoms with Crippen LogP contribution in [0.1, 0.15) is 27.8 Å². The second-order valence-electron chi connectivity index (χ2n) is 2.32. The van der Waals surface area contributed by atoms with Gasteiger partial charge in [0.1, 0.15) is 5.69 Å². The Kier molecular flexibility index (Phi) is 2.65. The molecular formula is C7H8N4O2. The standard InChI is InChI=1S/C7H8N4O2/c1-4(12)6-5(7(13)10-8)2-3-9-11-6/h2-3H,8H2,1H3,(H,10,13). The first-order valence-corrected chi connectivity index (χ1v) is 3.50. The molecule has 0 atom stereocenters. The first-order chi connectivity index (χ1) is 6.16. The van der Waals surface area contributed by atoms with Crippen LogP contribution in [0.25, 0.3) is 0 Å². The number of ketones is 1. The Labute approximate surface area is 74.1 Å². The highest BCUT2D eigenvalue weighted by molar-refractivity contribution is 6.05. The summed E-state index contributed by atoms with van der Waals surface area (Å²) in [6.45, 7) is 1.30. The summed E-state index contributed by atoms with van der Waals surface area (Å²) >= 11 is 0. The fourth-order valence-electron chi connectivity index (χ4n) is 0.853. The average Bonchev–Trinajstić information content (AvgIpc) is 2.16. The summed E-state index contributed by atoms with van der Waals surface area (Å²) in [4.78, 5) is 22.0. The van der Waals surface area contributed by atoms with Crippen LogP contribution < -0.4 is 11.3 Å². The van der Waals surface area contributed by atoms with Crippen molar-refractivity contribution in [3.05, 3.63) is 23.5 Å². The highest BCUT2D eigenvalue weighted by Gasteiger charge is 2.14. The maximum atomic E-state index is 11.1. The van der Waals surface area contributed by atoms with Gasteiger partial charge in [-0.25, -0.2) is 5.84 Å². The van der Waals surface area contributed by atoms with Crippen LogP contribution in [0.4, 0.5) is 0 Å². The number of nitrogens with two attached hydrogens (primary N) is 1. The zero-order valence-corrected chi connectivity index (χ0v) is 6.94. The molecule has 1 aromatic heterocycles. The van der Waals surface area contributed by atoms with Gasteiger partial charge < -0.3 is 0 Å². The topological polar surface area (TPSA) is 98.0 Å². The molecular weight excluding hydrogens is 172 g/mol. The predicted molar refractivity (Wildman–Crippen MR) is 43.7 cm³/mol. The van der Waals surface area contributed by atoms with E-state index in [2.05, 4.69) is 10.2 Å². The minimum atomic E-state index is -0.555. The smallest absolute Gasteiger partial charge is 0.267 e. The van der Waals surface area contributed by atoms with Crippen molar-refractivity contribution in [2.24, 2.45) is 5.84 Å². The maximum Gasteiger partial charge on any atom is 0.267 e. The molecule has 0 aliphatic carbocycles. The van der Waals surface area contributed by atoms with Crippen LogP contribution in [0.5, 0.6) is 0 Å². The van der Waals surface area contributed by atoms with Crippen molar-refractivity contribution in [3.63, 3.8) is 0 Å². The molecule has 0 radical (unpaired) electrons. The average molecular weight is 180 g/mol. The van der Waals surface area contributed by atoms with Gasteiger partial charge in [-0.1, -0.05) is 0 Å². The van der Waals surface area contributed by atoms with Crippen LogP contribution in [0.3, 0.4) is 0 Å². The highest BCUT2D eigenvalue weighted by Crippen LogP contribution is 2.03. The van der Waals surface area contributed by atoms with E-state index in [1.807, 2.05) is 5.43 Å². The van der Waals surface area contributed by atoms with Gasteiger partial charge in [-0.15, -0.1) is 5.10 Å². The second kappa shape index (κ2) is 3.72. The molecule has 0 fully saturated rings. The number of hydrogen-bond donors (Lipinski definition) is 2. The van der Waals surface area contributed by atoms with E-state index in [0.29, 0.717) is 0 Å². The van der Waals surface area contributed by atoms with Crippen molar-refractivity contribution < 1.29 is 9.59 Å². The number of hydrazine groups is 1. The molecule has 0 unspecified atom stereocenters. The molecule has 0 spiro atoms. The van der Waals surface area contributed by atoms with E-state index in [0.717, 1.165) is 0 Å². The molecule has 68 valence electrons. The van der Waals surface area contributed by atoms with E-state index in [9.17, 15) is 9.59 Å². The lowest BCUT2D eigenvalue weighted by atomic mass is 10.1. The number of nitrogen functional groups attached to an aromatic ring is 1. The van der Waals surface area contributed by atoms with Crippen LogP contribution in [0.15, 0.2) is 12.3 Å². The van der Waals surface area contributed by atoms with Gasteiger partial charge in [0.25, 0.3) is 5.91 Å². The molecule has 0 aliphatic heterocycles. The monoisotopic (exact) mass is 180 g/mol. The van der Waals surface area contributed by atoms with Crippen molar-refractivity contribution in [3.8, 4) is 0 Å². The Morgan fingerprint density at radius 2 is 2.23 bits per heavy atom. The summed E-state index contributed by atoms with van der Waals surface area (Å²) < 4.78 is 0. The molecule has 6 heteroatoms. The minimum Gasteiger partial charge on any atom is -0.293 e. The van der Waals surface area contributed by atoms with Crippen molar-refractivity contribution in [1.29, 1.82) is 0 Å². The van der Waals surface area contributed by atoms with Crippen molar-refractivity contribution in [2.75, 3.05) is 0 Å². The number of aromatic nitrogens is 2. The normalized spacial score (nSPS) is 9.38. The molecule has 1 amide bonds. The van der Waals surface area contributed by atoms with Crippen molar-refractivity contribution in [1.82, 2.24) is 15.6 Å². The minimum absolute atomic E-state index is 0.0189. The molecule has 0 aliphatic rings. The summed E-state index contributed by atoms with van der Waals surface area (Å²) in [5.41, 5.74) is 2.07. The van der Waals surface area contributed by atoms with Gasteiger partial charge in [0.05, 0.1) is 11.8 Å². The number of Topliss-reactive ketones (excluding diaryl/α,β-unsaturated/α-hetero) is 1. The van der Waals surface area contributed by atoms with Crippen LogP contribution in [-0.4, -0.2) is 21.9 Å². The highest BCUT2D eigenvalue weighted by atomic mass is 16.2. The van der Waals surface area contributed by atoms with E-state index >= 15 is 0 Å². The number of nitrogens with one attached hydrogen (secondary N) is 1. The lowest BCUT2D eigenvalue weighted by Crippen LogP contribution is -2.31. The summed E-state index contributed by atoms with van der Waals surface area (Å²) in [5.74, 6) is 4.03. The van der Waals surface area contributed by atoms with Gasteiger partial charge in [0.2, 0.25) is 0 Å². The second-order valence-corrected chi connectivity index (χ2v) is 2.32. The van der Waals surface area contributed by atoms with E-state index in [1.165, 1.54) is 19.2 Å². The molecule has 6 nitrogen and oxygen atoms in total. The molecule has 0 saturated heterocycles. The Hall–Kier alpha value is -1.82. The lowest BCUT2D eigenvalue weighted by molar-refractivity contribution is 0.0936. The third-order valence-electron chi connectivity index (χ3n) is 1.43. The number of carbonyl (C=O) groups is 2. The Morgan fingerprint density at radius 3 is 2.77 bits per heavy atom. The first-order valence-electron chi connectivity index (χ1n) is 3.50. The zero-order chi connectivity index (χ0) is 9.84. The summed E-state index contributed by atoms with van der Waals surface area (Å²) in [5, 5.41) is 7.02. The first kappa shape index (κ1) is 9.27. The molecule has 3 N–H and O–H groups in total. The molecule has 1 heterocycles. The Balaban J connectivity index is 3.19. The van der Waals surface area contributed by atoms with Gasteiger partial charge in [-0.05, 0) is 6.07 Å². The van der Waals surface area contributed by atoms with Crippen LogP contribution in [0.2, 0.25) is 0 Å². The van der Waals surface area contributed by atoms with Crippen molar-refractivity contribution in [2.45, 2.75) is 6.92 Å². The third-order valence-corrected chi connectivity index (χ3v) is 1.43. The quantitative estimate of drug-likeness (QED) is 0.271. The van der Waals surface area contributed by atoms with Gasteiger partial charge in [0.15, 0.2) is 5.78 Å². The van der Waals surface area contributed by atoms with Gasteiger partial charge in [-0.3, -0.25) is 15.0 Å². The summed E-state index contributed by atoms with van der Waals surface area (Å²) in [6.07, 6.45) is 1.32. The lowest BCUT2D eigenvalue weighted by Gasteiger charge is -2.01. The Morgan fingerprint density at radius 1 is 1.54 bits per heavy atom. The van der Waals surface area contributed by atoms with Gasteiger partial charge >= 0.3 is 0 Å². The molecule has 0 aromatic carbocycles. The van der Waals surface area contributed by atoms with Crippen molar-refractivity contribution >= 4 is 11.7 Å². The van der Waals surface area contributed by atoms with E-state index in [4.69, 9.17) is 5.84 Å². The van der Waals surface area contributed by atoms with Crippen LogP contribution in [0, 0.1) is 0 Å². The van der Waals surface area contributed by atoms with Crippen LogP contribution >= 0.6 is 0 Å². The number of carbonyl (C=O) groups excluding carboxylic acids is 2. The predicted octanol–water partition coefficient (Wildman–Crippen LogP) is -0.717. The van der Waals surface area contributed by atoms with Gasteiger partial charge in [0, 0.05) is 6.92 Å². The largest absolute Gasteiger partial charge is 0.293 e. The molecule has 13 heavy (non-hydrogen) atoms. The van der Waals surface area contributed by atoms with Gasteiger partial charge in [-0.2, -0.15) is 5.10 Å². The Bertz CT molecular complexity index is 350. The molecule has 0 bridgehead atoms. The fraction of sp³-hybridized carbons (Fsp3) is 0.143. The summed E-state index contributed by atoms with van der Waals surface area (Å²) in [6, 6.07) is 1.38. The summed E-state index contributed by atoms with van der Waals surface area (Å²) in [7, 11) is 0. The van der Waals surface area contributed by atoms with E-state index in [-0.39, 0.29) is 17.0 Å². The third kappa shape index (κ3) is 1.85. The zero-order valence-electron chi connectivity index (χ0n) is 6.94. The number of amides is 1. The number of rotatable bonds is 2. The van der Waals surface area contributed by atoms with E-state index in [1.54, 1.807) is 0 Å². The fourth-order valence-corrected chi connectivity index (χ4v) is 0.853. The van der Waals surface area contributed by atoms with Crippen LogP contribution in [-0.2, 0) is 0 Å².